The Bertz CT molecular complexity index is 687. The van der Waals surface area contributed by atoms with Gasteiger partial charge in [0.2, 0.25) is 5.91 Å². The van der Waals surface area contributed by atoms with Crippen LogP contribution in [0.2, 0.25) is 10.0 Å². The number of carbonyl (C=O) groups is 2. The van der Waals surface area contributed by atoms with E-state index in [0.717, 1.165) is 45.6 Å². The summed E-state index contributed by atoms with van der Waals surface area (Å²) in [7, 11) is 0. The third-order valence-electron chi connectivity index (χ3n) is 5.40. The lowest BCUT2D eigenvalue weighted by Gasteiger charge is -2.36. The molecule has 2 aliphatic rings. The van der Waals surface area contributed by atoms with Gasteiger partial charge < -0.3 is 15.0 Å². The number of hydrogen-bond acceptors (Lipinski definition) is 4. The molecule has 1 saturated carbocycles. The zero-order chi connectivity index (χ0) is 19.9. The van der Waals surface area contributed by atoms with Gasteiger partial charge in [-0.05, 0) is 25.0 Å². The molecular formula is C20H27Cl2N3O3. The zero-order valence-electron chi connectivity index (χ0n) is 16.0. The molecule has 28 heavy (non-hydrogen) atoms. The number of piperazine rings is 1. The van der Waals surface area contributed by atoms with Crippen LogP contribution in [0.25, 0.3) is 0 Å². The lowest BCUT2D eigenvalue weighted by molar-refractivity contribution is -0.137. The van der Waals surface area contributed by atoms with Gasteiger partial charge in [-0.1, -0.05) is 36.0 Å². The van der Waals surface area contributed by atoms with E-state index >= 15 is 0 Å². The predicted molar refractivity (Wildman–Crippen MR) is 110 cm³/mol. The van der Waals surface area contributed by atoms with Crippen LogP contribution in [0, 0.1) is 5.92 Å². The molecule has 0 atom stereocenters. The first-order valence-corrected chi connectivity index (χ1v) is 10.6. The Morgan fingerprint density at radius 2 is 1.79 bits per heavy atom. The van der Waals surface area contributed by atoms with Crippen molar-refractivity contribution in [3.63, 3.8) is 0 Å². The summed E-state index contributed by atoms with van der Waals surface area (Å²) in [6, 6.07) is 4.89. The second-order valence-corrected chi connectivity index (χ2v) is 8.18. The van der Waals surface area contributed by atoms with E-state index in [1.807, 2.05) is 4.90 Å². The van der Waals surface area contributed by atoms with Crippen LogP contribution in [0.15, 0.2) is 18.2 Å². The molecular weight excluding hydrogens is 401 g/mol. The second-order valence-electron chi connectivity index (χ2n) is 7.36. The van der Waals surface area contributed by atoms with Gasteiger partial charge in [0.15, 0.2) is 6.61 Å². The first-order valence-electron chi connectivity index (χ1n) is 9.88. The highest BCUT2D eigenvalue weighted by atomic mass is 35.5. The van der Waals surface area contributed by atoms with E-state index in [-0.39, 0.29) is 18.4 Å². The maximum atomic E-state index is 12.5. The van der Waals surface area contributed by atoms with Gasteiger partial charge in [-0.25, -0.2) is 0 Å². The van der Waals surface area contributed by atoms with Crippen molar-refractivity contribution in [2.24, 2.45) is 5.92 Å². The third kappa shape index (κ3) is 6.00. The minimum atomic E-state index is -0.180. The van der Waals surface area contributed by atoms with E-state index in [4.69, 9.17) is 27.9 Å². The Kier molecular flexibility index (Phi) is 7.82. The van der Waals surface area contributed by atoms with Gasteiger partial charge >= 0.3 is 0 Å². The fourth-order valence-electron chi connectivity index (χ4n) is 3.74. The van der Waals surface area contributed by atoms with Crippen LogP contribution in [0.3, 0.4) is 0 Å². The summed E-state index contributed by atoms with van der Waals surface area (Å²) >= 11 is 11.8. The number of nitrogens with zero attached hydrogens (tertiary/aromatic N) is 2. The van der Waals surface area contributed by atoms with Gasteiger partial charge in [-0.15, -0.1) is 0 Å². The van der Waals surface area contributed by atoms with Crippen LogP contribution in [-0.4, -0.2) is 67.5 Å². The lowest BCUT2D eigenvalue weighted by Crippen LogP contribution is -2.51. The summed E-state index contributed by atoms with van der Waals surface area (Å²) in [6.07, 6.45) is 4.47. The van der Waals surface area contributed by atoms with Gasteiger partial charge in [-0.2, -0.15) is 0 Å². The van der Waals surface area contributed by atoms with Crippen LogP contribution in [0.4, 0.5) is 0 Å². The molecule has 8 heteroatoms. The van der Waals surface area contributed by atoms with E-state index in [2.05, 4.69) is 10.2 Å². The molecule has 3 rings (SSSR count). The minimum Gasteiger partial charge on any atom is -0.484 e. The molecule has 1 aromatic rings. The fourth-order valence-corrected chi connectivity index (χ4v) is 4.03. The van der Waals surface area contributed by atoms with Crippen molar-refractivity contribution < 1.29 is 14.3 Å². The number of benzene rings is 1. The third-order valence-corrected chi connectivity index (χ3v) is 6.14. The molecule has 1 N–H and O–H groups in total. The van der Waals surface area contributed by atoms with Gasteiger partial charge in [0.25, 0.3) is 5.91 Å². The van der Waals surface area contributed by atoms with Gasteiger partial charge in [0, 0.05) is 51.3 Å². The van der Waals surface area contributed by atoms with E-state index in [1.165, 1.54) is 12.8 Å². The standard InChI is InChI=1S/C20H27Cl2N3O3/c21-17-6-5-16(13-18(17)22)28-14-19(26)23-7-8-24-9-11-25(12-10-24)20(27)15-3-1-2-4-15/h5-6,13,15H,1-4,7-12,14H2,(H,23,26). The van der Waals surface area contributed by atoms with Gasteiger partial charge in [-0.3, -0.25) is 14.5 Å². The van der Waals surface area contributed by atoms with Crippen LogP contribution in [-0.2, 0) is 9.59 Å². The number of halogens is 2. The summed E-state index contributed by atoms with van der Waals surface area (Å²) in [4.78, 5) is 28.7. The first kappa shape index (κ1) is 21.2. The number of nitrogens with one attached hydrogen (secondary N) is 1. The van der Waals surface area contributed by atoms with Crippen molar-refractivity contribution in [2.75, 3.05) is 45.9 Å². The Balaban J connectivity index is 1.29. The summed E-state index contributed by atoms with van der Waals surface area (Å²) in [5.74, 6) is 0.917. The van der Waals surface area contributed by atoms with E-state index in [1.54, 1.807) is 18.2 Å². The lowest BCUT2D eigenvalue weighted by atomic mass is 10.1. The molecule has 0 spiro atoms. The van der Waals surface area contributed by atoms with Crippen molar-refractivity contribution in [1.29, 1.82) is 0 Å². The van der Waals surface area contributed by atoms with E-state index < -0.39 is 0 Å². The van der Waals surface area contributed by atoms with E-state index in [9.17, 15) is 9.59 Å². The molecule has 1 aliphatic heterocycles. The van der Waals surface area contributed by atoms with Crippen molar-refractivity contribution in [3.8, 4) is 5.75 Å². The molecule has 154 valence electrons. The molecule has 2 fully saturated rings. The number of ether oxygens (including phenoxy) is 1. The smallest absolute Gasteiger partial charge is 0.257 e. The SMILES string of the molecule is O=C(COc1ccc(Cl)c(Cl)c1)NCCN1CCN(C(=O)C2CCCC2)CC1. The largest absolute Gasteiger partial charge is 0.484 e. The topological polar surface area (TPSA) is 61.9 Å². The minimum absolute atomic E-state index is 0.0678. The zero-order valence-corrected chi connectivity index (χ0v) is 17.5. The highest BCUT2D eigenvalue weighted by Gasteiger charge is 2.29. The molecule has 0 bridgehead atoms. The molecule has 0 radical (unpaired) electrons. The molecule has 2 amide bonds. The average molecular weight is 428 g/mol. The normalized spacial score (nSPS) is 18.3. The summed E-state index contributed by atoms with van der Waals surface area (Å²) in [6.45, 7) is 4.53. The Hall–Kier alpha value is -1.50. The first-order chi connectivity index (χ1) is 13.5. The average Bonchev–Trinajstić information content (AvgIpc) is 3.24. The van der Waals surface area contributed by atoms with Crippen molar-refractivity contribution >= 4 is 35.0 Å². The van der Waals surface area contributed by atoms with Crippen LogP contribution in [0.1, 0.15) is 25.7 Å². The van der Waals surface area contributed by atoms with Crippen molar-refractivity contribution in [2.45, 2.75) is 25.7 Å². The molecule has 1 saturated heterocycles. The summed E-state index contributed by atoms with van der Waals surface area (Å²) in [5, 5.41) is 3.70. The summed E-state index contributed by atoms with van der Waals surface area (Å²) < 4.78 is 5.42. The molecule has 6 nitrogen and oxygen atoms in total. The maximum absolute atomic E-state index is 12.5. The summed E-state index contributed by atoms with van der Waals surface area (Å²) in [5.41, 5.74) is 0. The van der Waals surface area contributed by atoms with Gasteiger partial charge in [0.05, 0.1) is 10.0 Å². The van der Waals surface area contributed by atoms with Crippen LogP contribution in [0.5, 0.6) is 5.75 Å². The predicted octanol–water partition coefficient (Wildman–Crippen LogP) is 2.82. The second kappa shape index (κ2) is 10.3. The Morgan fingerprint density at radius 3 is 2.46 bits per heavy atom. The van der Waals surface area contributed by atoms with Crippen molar-refractivity contribution in [3.05, 3.63) is 28.2 Å². The monoisotopic (exact) mass is 427 g/mol. The molecule has 1 heterocycles. The maximum Gasteiger partial charge on any atom is 0.257 e. The molecule has 1 aromatic carbocycles. The van der Waals surface area contributed by atoms with Crippen LogP contribution >= 0.6 is 23.2 Å². The highest BCUT2D eigenvalue weighted by molar-refractivity contribution is 6.42. The number of rotatable bonds is 7. The molecule has 0 aromatic heterocycles. The number of amides is 2. The Morgan fingerprint density at radius 1 is 1.07 bits per heavy atom. The molecule has 0 unspecified atom stereocenters. The highest BCUT2D eigenvalue weighted by Crippen LogP contribution is 2.27. The number of carbonyl (C=O) groups excluding carboxylic acids is 2. The quantitative estimate of drug-likeness (QED) is 0.726. The number of hydrogen-bond donors (Lipinski definition) is 1. The van der Waals surface area contributed by atoms with Gasteiger partial charge in [0.1, 0.15) is 5.75 Å². The van der Waals surface area contributed by atoms with Crippen LogP contribution < -0.4 is 10.1 Å². The van der Waals surface area contributed by atoms with Crippen molar-refractivity contribution in [1.82, 2.24) is 15.1 Å². The fraction of sp³-hybridized carbons (Fsp3) is 0.600. The van der Waals surface area contributed by atoms with E-state index in [0.29, 0.717) is 28.2 Å². The molecule has 1 aliphatic carbocycles. The Labute approximate surface area is 176 Å².